The molecule has 1 atom stereocenters. The maximum Gasteiger partial charge on any atom is 0.174 e. The molecule has 0 amide bonds. The fraction of sp³-hybridized carbons (Fsp3) is 0.273. The molecule has 16 heavy (non-hydrogen) atoms. The smallest absolute Gasteiger partial charge is 0.174 e. The van der Waals surface area contributed by atoms with E-state index in [0.29, 0.717) is 0 Å². The second kappa shape index (κ2) is 4.95. The fourth-order valence-corrected chi connectivity index (χ4v) is 3.20. The Morgan fingerprint density at radius 3 is 2.75 bits per heavy atom. The molecule has 3 nitrogen and oxygen atoms in total. The highest BCUT2D eigenvalue weighted by Gasteiger charge is 2.09. The lowest BCUT2D eigenvalue weighted by molar-refractivity contribution is 0.797. The fourth-order valence-electron chi connectivity index (χ4n) is 1.36. The van der Waals surface area contributed by atoms with Crippen LogP contribution < -0.4 is 5.73 Å². The molecule has 0 aliphatic rings. The minimum Gasteiger partial charge on any atom is -0.324 e. The van der Waals surface area contributed by atoms with E-state index in [4.69, 9.17) is 5.73 Å². The van der Waals surface area contributed by atoms with Gasteiger partial charge in [0.2, 0.25) is 0 Å². The van der Waals surface area contributed by atoms with Crippen molar-refractivity contribution in [1.82, 2.24) is 9.36 Å². The number of benzene rings is 1. The Bertz CT molecular complexity index is 480. The molecule has 84 valence electrons. The lowest BCUT2D eigenvalue weighted by atomic mass is 10.1. The predicted molar refractivity (Wildman–Crippen MR) is 67.8 cm³/mol. The molecular formula is C11H13N3S2. The van der Waals surface area contributed by atoms with Gasteiger partial charge in [0.15, 0.2) is 4.34 Å². The zero-order valence-corrected chi connectivity index (χ0v) is 10.8. The highest BCUT2D eigenvalue weighted by atomic mass is 32.2. The molecule has 0 fully saturated rings. The molecule has 0 saturated carbocycles. The molecule has 0 unspecified atom stereocenters. The van der Waals surface area contributed by atoms with Gasteiger partial charge in [-0.15, -0.1) is 0 Å². The predicted octanol–water partition coefficient (Wildman–Crippen LogP) is 3.02. The average Bonchev–Trinajstić information content (AvgIpc) is 2.64. The molecule has 1 aromatic carbocycles. The van der Waals surface area contributed by atoms with E-state index in [0.717, 1.165) is 20.6 Å². The van der Waals surface area contributed by atoms with E-state index >= 15 is 0 Å². The largest absolute Gasteiger partial charge is 0.324 e. The van der Waals surface area contributed by atoms with Crippen molar-refractivity contribution in [2.45, 2.75) is 29.1 Å². The first-order chi connectivity index (χ1) is 7.66. The Labute approximate surface area is 103 Å². The normalized spacial score (nSPS) is 12.7. The van der Waals surface area contributed by atoms with Crippen LogP contribution in [0.3, 0.4) is 0 Å². The molecule has 0 bridgehead atoms. The highest BCUT2D eigenvalue weighted by molar-refractivity contribution is 8.01. The van der Waals surface area contributed by atoms with Crippen molar-refractivity contribution < 1.29 is 0 Å². The van der Waals surface area contributed by atoms with E-state index in [1.54, 1.807) is 11.8 Å². The van der Waals surface area contributed by atoms with Crippen molar-refractivity contribution in [2.24, 2.45) is 5.73 Å². The summed E-state index contributed by atoms with van der Waals surface area (Å²) in [5.41, 5.74) is 7.08. The van der Waals surface area contributed by atoms with Gasteiger partial charge in [-0.25, -0.2) is 4.98 Å². The first kappa shape index (κ1) is 11.6. The first-order valence-corrected chi connectivity index (χ1v) is 6.58. The van der Waals surface area contributed by atoms with Crippen LogP contribution >= 0.6 is 23.3 Å². The minimum atomic E-state index is 0.0396. The highest BCUT2D eigenvalue weighted by Crippen LogP contribution is 2.33. The molecular weight excluding hydrogens is 238 g/mol. The Hall–Kier alpha value is -0.910. The molecule has 0 aliphatic carbocycles. The van der Waals surface area contributed by atoms with Crippen LogP contribution in [0.15, 0.2) is 33.5 Å². The van der Waals surface area contributed by atoms with E-state index in [1.807, 2.05) is 26.0 Å². The van der Waals surface area contributed by atoms with Crippen LogP contribution in [0.2, 0.25) is 0 Å². The number of aromatic nitrogens is 2. The number of nitrogens with two attached hydrogens (primary N) is 1. The van der Waals surface area contributed by atoms with E-state index in [-0.39, 0.29) is 6.04 Å². The van der Waals surface area contributed by atoms with Gasteiger partial charge in [-0.1, -0.05) is 30.0 Å². The molecule has 1 aromatic heterocycles. The van der Waals surface area contributed by atoms with Gasteiger partial charge in [0, 0.05) is 10.9 Å². The SMILES string of the molecule is Cc1nsc(Sc2ccccc2[C@H](C)N)n1. The summed E-state index contributed by atoms with van der Waals surface area (Å²) in [6.07, 6.45) is 0. The molecule has 2 N–H and O–H groups in total. The van der Waals surface area contributed by atoms with E-state index in [9.17, 15) is 0 Å². The maximum atomic E-state index is 5.93. The standard InChI is InChI=1S/C11H13N3S2/c1-7(12)9-5-3-4-6-10(9)15-11-13-8(2)14-16-11/h3-7H,12H2,1-2H3/t7-/m0/s1. The van der Waals surface area contributed by atoms with Gasteiger partial charge < -0.3 is 5.73 Å². The third-order valence-corrected chi connectivity index (χ3v) is 4.05. The molecule has 5 heteroatoms. The minimum absolute atomic E-state index is 0.0396. The molecule has 0 saturated heterocycles. The van der Waals surface area contributed by atoms with E-state index < -0.39 is 0 Å². The summed E-state index contributed by atoms with van der Waals surface area (Å²) in [5, 5.41) is 0. The summed E-state index contributed by atoms with van der Waals surface area (Å²) in [5.74, 6) is 0.825. The van der Waals surface area contributed by atoms with Gasteiger partial charge in [0.1, 0.15) is 5.82 Å². The second-order valence-corrected chi connectivity index (χ2v) is 5.58. The van der Waals surface area contributed by atoms with Crippen LogP contribution in [0.4, 0.5) is 0 Å². The monoisotopic (exact) mass is 251 g/mol. The summed E-state index contributed by atoms with van der Waals surface area (Å²) in [6.45, 7) is 3.89. The van der Waals surface area contributed by atoms with E-state index in [1.165, 1.54) is 11.5 Å². The third kappa shape index (κ3) is 2.61. The Morgan fingerprint density at radius 2 is 2.12 bits per heavy atom. The van der Waals surface area contributed by atoms with Gasteiger partial charge >= 0.3 is 0 Å². The lowest BCUT2D eigenvalue weighted by Crippen LogP contribution is -2.05. The average molecular weight is 251 g/mol. The van der Waals surface area contributed by atoms with Crippen LogP contribution in [0.1, 0.15) is 24.4 Å². The van der Waals surface area contributed by atoms with Crippen LogP contribution in [-0.2, 0) is 0 Å². The van der Waals surface area contributed by atoms with Gasteiger partial charge in [-0.2, -0.15) is 4.37 Å². The Kier molecular flexibility index (Phi) is 3.58. The number of rotatable bonds is 3. The van der Waals surface area contributed by atoms with Crippen LogP contribution in [0, 0.1) is 6.92 Å². The van der Waals surface area contributed by atoms with Crippen LogP contribution in [-0.4, -0.2) is 9.36 Å². The van der Waals surface area contributed by atoms with Crippen LogP contribution in [0.25, 0.3) is 0 Å². The van der Waals surface area contributed by atoms with Gasteiger partial charge in [-0.3, -0.25) is 0 Å². The molecule has 1 heterocycles. The van der Waals surface area contributed by atoms with E-state index in [2.05, 4.69) is 21.5 Å². The van der Waals surface area contributed by atoms with Gasteiger partial charge in [-0.05, 0) is 37.0 Å². The second-order valence-electron chi connectivity index (χ2n) is 3.54. The van der Waals surface area contributed by atoms with Crippen molar-refractivity contribution in [3.63, 3.8) is 0 Å². The zero-order chi connectivity index (χ0) is 11.5. The number of hydrogen-bond donors (Lipinski definition) is 1. The van der Waals surface area contributed by atoms with Crippen molar-refractivity contribution in [1.29, 1.82) is 0 Å². The summed E-state index contributed by atoms with van der Waals surface area (Å²) in [4.78, 5) is 5.50. The molecule has 2 rings (SSSR count). The Balaban J connectivity index is 2.27. The molecule has 2 aromatic rings. The maximum absolute atomic E-state index is 5.93. The summed E-state index contributed by atoms with van der Waals surface area (Å²) >= 11 is 3.05. The van der Waals surface area contributed by atoms with Crippen molar-refractivity contribution >= 4 is 23.3 Å². The summed E-state index contributed by atoms with van der Waals surface area (Å²) < 4.78 is 5.13. The van der Waals surface area contributed by atoms with Gasteiger partial charge in [0.05, 0.1) is 0 Å². The molecule has 0 spiro atoms. The van der Waals surface area contributed by atoms with Crippen LogP contribution in [0.5, 0.6) is 0 Å². The Morgan fingerprint density at radius 1 is 1.38 bits per heavy atom. The summed E-state index contributed by atoms with van der Waals surface area (Å²) in [7, 11) is 0. The number of aryl methyl sites for hydroxylation is 1. The molecule has 0 radical (unpaired) electrons. The topological polar surface area (TPSA) is 51.8 Å². The van der Waals surface area contributed by atoms with Crippen molar-refractivity contribution in [2.75, 3.05) is 0 Å². The summed E-state index contributed by atoms with van der Waals surface area (Å²) in [6, 6.07) is 8.19. The van der Waals surface area contributed by atoms with Gasteiger partial charge in [0.25, 0.3) is 0 Å². The number of nitrogens with zero attached hydrogens (tertiary/aromatic N) is 2. The zero-order valence-electron chi connectivity index (χ0n) is 9.18. The quantitative estimate of drug-likeness (QED) is 0.911. The third-order valence-electron chi connectivity index (χ3n) is 2.12. The van der Waals surface area contributed by atoms with Crippen molar-refractivity contribution in [3.05, 3.63) is 35.7 Å². The molecule has 0 aliphatic heterocycles. The van der Waals surface area contributed by atoms with Crippen molar-refractivity contribution in [3.8, 4) is 0 Å². The number of hydrogen-bond acceptors (Lipinski definition) is 5. The first-order valence-electron chi connectivity index (χ1n) is 4.99. The lowest BCUT2D eigenvalue weighted by Gasteiger charge is -2.10.